The number of benzene rings is 1. The molecule has 0 saturated carbocycles. The quantitative estimate of drug-likeness (QED) is 0.663. The van der Waals surface area contributed by atoms with Crippen molar-refractivity contribution in [1.29, 1.82) is 0 Å². The lowest BCUT2D eigenvalue weighted by molar-refractivity contribution is 0.218. The molecule has 0 radical (unpaired) electrons. The summed E-state index contributed by atoms with van der Waals surface area (Å²) in [6.45, 7) is 6.66. The van der Waals surface area contributed by atoms with E-state index >= 15 is 0 Å². The van der Waals surface area contributed by atoms with Crippen molar-refractivity contribution in [1.82, 2.24) is 0 Å². The van der Waals surface area contributed by atoms with Gasteiger partial charge in [0, 0.05) is 10.6 Å². The fourth-order valence-corrected chi connectivity index (χ4v) is 3.60. The second kappa shape index (κ2) is 7.91. The molecule has 0 aliphatic carbocycles. The van der Waals surface area contributed by atoms with Crippen LogP contribution in [-0.2, 0) is 19.8 Å². The van der Waals surface area contributed by atoms with Crippen molar-refractivity contribution in [2.45, 2.75) is 26.9 Å². The molecule has 4 nitrogen and oxygen atoms in total. The van der Waals surface area contributed by atoms with Crippen molar-refractivity contribution in [2.24, 2.45) is 0 Å². The van der Waals surface area contributed by atoms with Crippen LogP contribution in [0.1, 0.15) is 26.3 Å². The Hall–Kier alpha value is -0.540. The van der Waals surface area contributed by atoms with E-state index in [4.69, 9.17) is 25.4 Å². The molecule has 0 bridgehead atoms. The maximum Gasteiger partial charge on any atom is 0.335 e. The molecule has 0 aromatic heterocycles. The fourth-order valence-electron chi connectivity index (χ4n) is 1.70. The standard InChI is InChI=1S/C13H20ClO4P/c1-4-16-13-8-7-12(14)9-11(13)10-19(15,17-5-2)18-6-3/h7-9H,4-6,10H2,1-3H3. The predicted molar refractivity (Wildman–Crippen MR) is 77.2 cm³/mol. The molecule has 1 aromatic rings. The molecule has 0 atom stereocenters. The van der Waals surface area contributed by atoms with Gasteiger partial charge in [0.25, 0.3) is 0 Å². The molecule has 1 rings (SSSR count). The van der Waals surface area contributed by atoms with Gasteiger partial charge in [0.15, 0.2) is 0 Å². The van der Waals surface area contributed by atoms with Gasteiger partial charge < -0.3 is 13.8 Å². The van der Waals surface area contributed by atoms with Crippen LogP contribution in [-0.4, -0.2) is 19.8 Å². The van der Waals surface area contributed by atoms with Crippen LogP contribution in [0.5, 0.6) is 5.75 Å². The minimum atomic E-state index is -3.15. The average molecular weight is 307 g/mol. The van der Waals surface area contributed by atoms with Crippen LogP contribution in [0, 0.1) is 0 Å². The molecule has 0 aliphatic heterocycles. The highest BCUT2D eigenvalue weighted by molar-refractivity contribution is 7.53. The Balaban J connectivity index is 3.00. The SMILES string of the molecule is CCOc1ccc(Cl)cc1CP(=O)(OCC)OCC. The molecule has 6 heteroatoms. The van der Waals surface area contributed by atoms with Gasteiger partial charge >= 0.3 is 7.60 Å². The van der Waals surface area contributed by atoms with Crippen molar-refractivity contribution >= 4 is 19.2 Å². The lowest BCUT2D eigenvalue weighted by Gasteiger charge is -2.18. The summed E-state index contributed by atoms with van der Waals surface area (Å²) >= 11 is 5.97. The predicted octanol–water partition coefficient (Wildman–Crippen LogP) is 4.50. The van der Waals surface area contributed by atoms with Gasteiger partial charge in [0.1, 0.15) is 5.75 Å². The highest BCUT2D eigenvalue weighted by Gasteiger charge is 2.26. The minimum absolute atomic E-state index is 0.157. The maximum absolute atomic E-state index is 12.5. The number of hydrogen-bond acceptors (Lipinski definition) is 4. The molecular weight excluding hydrogens is 287 g/mol. The summed E-state index contributed by atoms with van der Waals surface area (Å²) in [4.78, 5) is 0. The molecule has 0 fully saturated rings. The average Bonchev–Trinajstić information content (AvgIpc) is 2.33. The zero-order valence-electron chi connectivity index (χ0n) is 11.5. The molecule has 0 aliphatic rings. The number of halogens is 1. The van der Waals surface area contributed by atoms with Crippen LogP contribution in [0.3, 0.4) is 0 Å². The molecule has 1 aromatic carbocycles. The number of hydrogen-bond donors (Lipinski definition) is 0. The topological polar surface area (TPSA) is 44.8 Å². The molecule has 0 unspecified atom stereocenters. The summed E-state index contributed by atoms with van der Waals surface area (Å²) in [5.74, 6) is 0.659. The van der Waals surface area contributed by atoms with Gasteiger partial charge in [-0.1, -0.05) is 11.6 Å². The minimum Gasteiger partial charge on any atom is -0.494 e. The Labute approximate surface area is 119 Å². The van der Waals surface area contributed by atoms with Gasteiger partial charge in [-0.05, 0) is 39.0 Å². The molecule has 0 heterocycles. The van der Waals surface area contributed by atoms with Crippen molar-refractivity contribution in [2.75, 3.05) is 19.8 Å². The summed E-state index contributed by atoms with van der Waals surface area (Å²) in [5, 5.41) is 0.568. The lowest BCUT2D eigenvalue weighted by Crippen LogP contribution is -2.02. The Kier molecular flexibility index (Phi) is 6.87. The zero-order chi connectivity index (χ0) is 14.3. The first-order valence-corrected chi connectivity index (χ1v) is 8.44. The number of rotatable bonds is 8. The summed E-state index contributed by atoms with van der Waals surface area (Å²) in [7, 11) is -3.15. The second-order valence-corrected chi connectivity index (χ2v) is 6.28. The molecule has 19 heavy (non-hydrogen) atoms. The second-order valence-electron chi connectivity index (χ2n) is 3.79. The highest BCUT2D eigenvalue weighted by atomic mass is 35.5. The Morgan fingerprint density at radius 3 is 2.26 bits per heavy atom. The van der Waals surface area contributed by atoms with E-state index in [9.17, 15) is 4.57 Å². The van der Waals surface area contributed by atoms with E-state index in [1.54, 1.807) is 32.0 Å². The van der Waals surface area contributed by atoms with Gasteiger partial charge in [-0.15, -0.1) is 0 Å². The van der Waals surface area contributed by atoms with E-state index in [2.05, 4.69) is 0 Å². The first kappa shape index (κ1) is 16.5. The van der Waals surface area contributed by atoms with Crippen LogP contribution in [0.25, 0.3) is 0 Å². The van der Waals surface area contributed by atoms with Gasteiger partial charge in [0.2, 0.25) is 0 Å². The molecule has 0 N–H and O–H groups in total. The summed E-state index contributed by atoms with van der Waals surface area (Å²) in [5.41, 5.74) is 0.736. The molecular formula is C13H20ClO4P. The van der Waals surface area contributed by atoms with Crippen molar-refractivity contribution in [3.05, 3.63) is 28.8 Å². The van der Waals surface area contributed by atoms with Gasteiger partial charge in [0.05, 0.1) is 26.0 Å². The molecule has 108 valence electrons. The largest absolute Gasteiger partial charge is 0.494 e. The van der Waals surface area contributed by atoms with Gasteiger partial charge in [-0.25, -0.2) is 0 Å². The Morgan fingerprint density at radius 1 is 1.11 bits per heavy atom. The third-order valence-electron chi connectivity index (χ3n) is 2.34. The van der Waals surface area contributed by atoms with Gasteiger partial charge in [-0.2, -0.15) is 0 Å². The third-order valence-corrected chi connectivity index (χ3v) is 4.60. The third kappa shape index (κ3) is 5.15. The zero-order valence-corrected chi connectivity index (χ0v) is 13.2. The van der Waals surface area contributed by atoms with Crippen molar-refractivity contribution < 1.29 is 18.3 Å². The summed E-state index contributed by atoms with van der Waals surface area (Å²) < 4.78 is 28.6. The summed E-state index contributed by atoms with van der Waals surface area (Å²) in [6.07, 6.45) is 0.157. The van der Waals surface area contributed by atoms with Crippen molar-refractivity contribution in [3.63, 3.8) is 0 Å². The first-order chi connectivity index (χ1) is 9.04. The van der Waals surface area contributed by atoms with Crippen LogP contribution in [0.2, 0.25) is 5.02 Å². The highest BCUT2D eigenvalue weighted by Crippen LogP contribution is 2.52. The molecule has 0 saturated heterocycles. The van der Waals surface area contributed by atoms with Crippen LogP contribution in [0.15, 0.2) is 18.2 Å². The monoisotopic (exact) mass is 306 g/mol. The van der Waals surface area contributed by atoms with E-state index in [-0.39, 0.29) is 6.16 Å². The van der Waals surface area contributed by atoms with E-state index < -0.39 is 7.60 Å². The molecule has 0 spiro atoms. The van der Waals surface area contributed by atoms with Crippen LogP contribution in [0.4, 0.5) is 0 Å². The van der Waals surface area contributed by atoms with Gasteiger partial charge in [-0.3, -0.25) is 4.57 Å². The maximum atomic E-state index is 12.5. The van der Waals surface area contributed by atoms with E-state index in [1.807, 2.05) is 6.92 Å². The van der Waals surface area contributed by atoms with Crippen LogP contribution >= 0.6 is 19.2 Å². The normalized spacial score (nSPS) is 11.6. The van der Waals surface area contributed by atoms with Crippen molar-refractivity contribution in [3.8, 4) is 5.75 Å². The van der Waals surface area contributed by atoms with E-state index in [1.165, 1.54) is 0 Å². The Morgan fingerprint density at radius 2 is 1.74 bits per heavy atom. The number of ether oxygens (including phenoxy) is 1. The van der Waals surface area contributed by atoms with Crippen LogP contribution < -0.4 is 4.74 Å². The fraction of sp³-hybridized carbons (Fsp3) is 0.538. The Bertz CT molecular complexity index is 440. The smallest absolute Gasteiger partial charge is 0.335 e. The first-order valence-electron chi connectivity index (χ1n) is 6.34. The summed E-state index contributed by atoms with van der Waals surface area (Å²) in [6, 6.07) is 5.24. The van der Waals surface area contributed by atoms with E-state index in [0.29, 0.717) is 30.6 Å². The molecule has 0 amide bonds. The van der Waals surface area contributed by atoms with E-state index in [0.717, 1.165) is 5.56 Å². The lowest BCUT2D eigenvalue weighted by atomic mass is 10.2.